The highest BCUT2D eigenvalue weighted by atomic mass is 35.5. The topological polar surface area (TPSA) is 75.7 Å². The molecule has 0 atom stereocenters. The number of carbonyl (C=O) groups is 3. The zero-order valence-electron chi connectivity index (χ0n) is 18.8. The van der Waals surface area contributed by atoms with Gasteiger partial charge in [0.15, 0.2) is 10.9 Å². The Morgan fingerprint density at radius 3 is 2.42 bits per heavy atom. The number of hydrogen-bond acceptors (Lipinski definition) is 6. The van der Waals surface area contributed by atoms with E-state index in [2.05, 4.69) is 5.32 Å². The molecule has 0 spiro atoms. The van der Waals surface area contributed by atoms with Crippen LogP contribution in [-0.2, 0) is 14.3 Å². The second kappa shape index (κ2) is 11.3. The third-order valence-corrected chi connectivity index (χ3v) is 6.90. The molecule has 3 aromatic rings. The van der Waals surface area contributed by atoms with E-state index >= 15 is 0 Å². The summed E-state index contributed by atoms with van der Waals surface area (Å²) in [6.45, 7) is 1.53. The zero-order valence-corrected chi connectivity index (χ0v) is 21.9. The first-order chi connectivity index (χ1) is 17.2. The van der Waals surface area contributed by atoms with E-state index in [1.165, 1.54) is 4.90 Å². The molecule has 0 aromatic heterocycles. The number of esters is 1. The average molecular weight is 557 g/mol. The lowest BCUT2D eigenvalue weighted by Gasteiger charge is -2.16. The molecule has 1 fully saturated rings. The van der Waals surface area contributed by atoms with Gasteiger partial charge in [-0.2, -0.15) is 0 Å². The largest absolute Gasteiger partial charge is 0.452 e. The standard InChI is InChI=1S/C26H18Cl2N2O4S2/c1-15-2-9-19(10-3-15)29-23(31)14-34-25(33)17-6-4-16(5-7-17)12-22-24(32)30(26(35)36-22)21-11-8-18(27)13-20(21)28/h2-13H,14H2,1H3,(H,29,31)/b22-12+. The summed E-state index contributed by atoms with van der Waals surface area (Å²) >= 11 is 18.7. The van der Waals surface area contributed by atoms with Crippen molar-refractivity contribution in [2.45, 2.75) is 6.92 Å². The van der Waals surface area contributed by atoms with Crippen LogP contribution >= 0.6 is 47.2 Å². The van der Waals surface area contributed by atoms with Gasteiger partial charge in [0.05, 0.1) is 21.2 Å². The summed E-state index contributed by atoms with van der Waals surface area (Å²) in [7, 11) is 0. The fraction of sp³-hybridized carbons (Fsp3) is 0.0769. The molecule has 4 rings (SSSR count). The third-order valence-electron chi connectivity index (χ3n) is 5.06. The van der Waals surface area contributed by atoms with Crippen LogP contribution < -0.4 is 10.2 Å². The molecule has 0 bridgehead atoms. The molecule has 1 aliphatic heterocycles. The molecule has 36 heavy (non-hydrogen) atoms. The van der Waals surface area contributed by atoms with Gasteiger partial charge in [-0.3, -0.25) is 14.5 Å². The first kappa shape index (κ1) is 25.9. The van der Waals surface area contributed by atoms with Gasteiger partial charge in [-0.1, -0.05) is 77.0 Å². The number of nitrogens with zero attached hydrogens (tertiary/aromatic N) is 1. The fourth-order valence-corrected chi connectivity index (χ4v) is 5.03. The summed E-state index contributed by atoms with van der Waals surface area (Å²) in [4.78, 5) is 39.1. The van der Waals surface area contributed by atoms with Crippen molar-refractivity contribution in [3.05, 3.63) is 98.4 Å². The van der Waals surface area contributed by atoms with Gasteiger partial charge in [-0.05, 0) is 61.0 Å². The summed E-state index contributed by atoms with van der Waals surface area (Å²) in [5.74, 6) is -1.38. The highest BCUT2D eigenvalue weighted by Crippen LogP contribution is 2.39. The third kappa shape index (κ3) is 6.14. The highest BCUT2D eigenvalue weighted by Gasteiger charge is 2.34. The van der Waals surface area contributed by atoms with Gasteiger partial charge in [-0.15, -0.1) is 0 Å². The smallest absolute Gasteiger partial charge is 0.338 e. The predicted octanol–water partition coefficient (Wildman–Crippen LogP) is 6.50. The molecule has 0 radical (unpaired) electrons. The zero-order chi connectivity index (χ0) is 25.8. The van der Waals surface area contributed by atoms with Crippen molar-refractivity contribution in [2.75, 3.05) is 16.8 Å². The molecule has 0 unspecified atom stereocenters. The quantitative estimate of drug-likeness (QED) is 0.212. The number of aryl methyl sites for hydroxylation is 1. The molecule has 10 heteroatoms. The number of ether oxygens (including phenoxy) is 1. The molecule has 1 aliphatic rings. The average Bonchev–Trinajstić information content (AvgIpc) is 3.12. The number of benzene rings is 3. The summed E-state index contributed by atoms with van der Waals surface area (Å²) in [6, 6.07) is 18.6. The maximum absolute atomic E-state index is 13.0. The minimum atomic E-state index is -0.635. The maximum atomic E-state index is 13.0. The van der Waals surface area contributed by atoms with Crippen LogP contribution in [0.25, 0.3) is 6.08 Å². The van der Waals surface area contributed by atoms with Crippen molar-refractivity contribution in [1.29, 1.82) is 0 Å². The summed E-state index contributed by atoms with van der Waals surface area (Å²) in [5.41, 5.74) is 3.11. The Kier molecular flexibility index (Phi) is 8.11. The van der Waals surface area contributed by atoms with Gasteiger partial charge in [0.1, 0.15) is 0 Å². The molecule has 0 saturated carbocycles. The lowest BCUT2D eigenvalue weighted by Crippen LogP contribution is -2.27. The van der Waals surface area contributed by atoms with Crippen LogP contribution in [-0.4, -0.2) is 28.7 Å². The number of thioether (sulfide) groups is 1. The minimum Gasteiger partial charge on any atom is -0.452 e. The number of nitrogens with one attached hydrogen (secondary N) is 1. The van der Waals surface area contributed by atoms with Crippen molar-refractivity contribution in [2.24, 2.45) is 0 Å². The Labute approximate surface area is 227 Å². The van der Waals surface area contributed by atoms with Gasteiger partial charge in [-0.25, -0.2) is 4.79 Å². The summed E-state index contributed by atoms with van der Waals surface area (Å²) in [6.07, 6.45) is 1.67. The molecule has 6 nitrogen and oxygen atoms in total. The van der Waals surface area contributed by atoms with Crippen LogP contribution in [0, 0.1) is 6.92 Å². The number of thiocarbonyl (C=S) groups is 1. The van der Waals surface area contributed by atoms with E-state index in [0.29, 0.717) is 36.2 Å². The minimum absolute atomic E-state index is 0.274. The van der Waals surface area contributed by atoms with Crippen LogP contribution in [0.2, 0.25) is 10.0 Å². The van der Waals surface area contributed by atoms with E-state index < -0.39 is 18.5 Å². The van der Waals surface area contributed by atoms with E-state index in [1.807, 2.05) is 19.1 Å². The summed E-state index contributed by atoms with van der Waals surface area (Å²) in [5, 5.41) is 3.44. The molecular formula is C26H18Cl2N2O4S2. The van der Waals surface area contributed by atoms with E-state index in [-0.39, 0.29) is 11.5 Å². The van der Waals surface area contributed by atoms with Crippen molar-refractivity contribution in [3.8, 4) is 0 Å². The molecular weight excluding hydrogens is 539 g/mol. The van der Waals surface area contributed by atoms with Crippen LogP contribution in [0.15, 0.2) is 71.6 Å². The summed E-state index contributed by atoms with van der Waals surface area (Å²) < 4.78 is 5.45. The first-order valence-electron chi connectivity index (χ1n) is 10.6. The second-order valence-corrected chi connectivity index (χ2v) is 10.2. The fourth-order valence-electron chi connectivity index (χ4n) is 3.25. The SMILES string of the molecule is Cc1ccc(NC(=O)COC(=O)c2ccc(/C=C3/SC(=S)N(c4ccc(Cl)cc4Cl)C3=O)cc2)cc1. The van der Waals surface area contributed by atoms with E-state index in [1.54, 1.807) is 60.7 Å². The van der Waals surface area contributed by atoms with Crippen LogP contribution in [0.1, 0.15) is 21.5 Å². The number of amides is 2. The molecule has 1 saturated heterocycles. The lowest BCUT2D eigenvalue weighted by molar-refractivity contribution is -0.119. The molecule has 3 aromatic carbocycles. The van der Waals surface area contributed by atoms with Crippen LogP contribution in [0.4, 0.5) is 11.4 Å². The van der Waals surface area contributed by atoms with E-state index in [9.17, 15) is 14.4 Å². The molecule has 1 N–H and O–H groups in total. The molecule has 182 valence electrons. The van der Waals surface area contributed by atoms with Crippen molar-refractivity contribution < 1.29 is 19.1 Å². The molecule has 1 heterocycles. The Morgan fingerprint density at radius 1 is 1.06 bits per heavy atom. The van der Waals surface area contributed by atoms with Gasteiger partial charge >= 0.3 is 5.97 Å². The monoisotopic (exact) mass is 556 g/mol. The number of halogens is 2. The van der Waals surface area contributed by atoms with Gasteiger partial charge in [0.25, 0.3) is 11.8 Å². The van der Waals surface area contributed by atoms with Crippen molar-refractivity contribution >= 4 is 86.7 Å². The Bertz CT molecular complexity index is 1390. The van der Waals surface area contributed by atoms with Gasteiger partial charge in [0.2, 0.25) is 0 Å². The molecule has 0 aliphatic carbocycles. The van der Waals surface area contributed by atoms with Crippen molar-refractivity contribution in [3.63, 3.8) is 0 Å². The number of carbonyl (C=O) groups excluding carboxylic acids is 3. The number of rotatable bonds is 6. The highest BCUT2D eigenvalue weighted by molar-refractivity contribution is 8.27. The van der Waals surface area contributed by atoms with Gasteiger partial charge in [0, 0.05) is 10.7 Å². The molecule has 2 amide bonds. The number of anilines is 2. The normalized spacial score (nSPS) is 14.3. The first-order valence-corrected chi connectivity index (χ1v) is 12.6. The predicted molar refractivity (Wildman–Crippen MR) is 149 cm³/mol. The van der Waals surface area contributed by atoms with Crippen LogP contribution in [0.3, 0.4) is 0 Å². The van der Waals surface area contributed by atoms with E-state index in [0.717, 1.165) is 17.3 Å². The van der Waals surface area contributed by atoms with Crippen molar-refractivity contribution in [1.82, 2.24) is 0 Å². The second-order valence-electron chi connectivity index (χ2n) is 7.73. The number of hydrogen-bond donors (Lipinski definition) is 1. The Morgan fingerprint density at radius 2 is 1.75 bits per heavy atom. The van der Waals surface area contributed by atoms with Crippen LogP contribution in [0.5, 0.6) is 0 Å². The Balaban J connectivity index is 1.37. The maximum Gasteiger partial charge on any atom is 0.338 e. The van der Waals surface area contributed by atoms with Gasteiger partial charge < -0.3 is 10.1 Å². The lowest BCUT2D eigenvalue weighted by atomic mass is 10.1. The van der Waals surface area contributed by atoms with E-state index in [4.69, 9.17) is 40.2 Å². The Hall–Kier alpha value is -3.17.